The molecule has 5 nitrogen and oxygen atoms in total. The van der Waals surface area contributed by atoms with Crippen LogP contribution >= 0.6 is 0 Å². The lowest BCUT2D eigenvalue weighted by molar-refractivity contribution is -0.892. The molecule has 2 aromatic carbocycles. The van der Waals surface area contributed by atoms with Crippen molar-refractivity contribution in [2.75, 3.05) is 42.9 Å². The third-order valence-electron chi connectivity index (χ3n) is 4.28. The van der Waals surface area contributed by atoms with Crippen LogP contribution in [0.1, 0.15) is 5.56 Å². The van der Waals surface area contributed by atoms with Crippen LogP contribution in [0.3, 0.4) is 0 Å². The molecule has 0 saturated carbocycles. The normalized spacial score (nSPS) is 14.9. The van der Waals surface area contributed by atoms with E-state index >= 15 is 0 Å². The van der Waals surface area contributed by atoms with Crippen LogP contribution < -0.4 is 15.1 Å². The molecule has 0 bridgehead atoms. The topological polar surface area (TPSA) is 60.6 Å². The second-order valence-corrected chi connectivity index (χ2v) is 5.99. The van der Waals surface area contributed by atoms with E-state index in [-0.39, 0.29) is 5.91 Å². The summed E-state index contributed by atoms with van der Waals surface area (Å²) in [7, 11) is 0. The number of benzene rings is 2. The third kappa shape index (κ3) is 4.12. The van der Waals surface area contributed by atoms with Gasteiger partial charge in [-0.15, -0.1) is 0 Å². The van der Waals surface area contributed by atoms with Gasteiger partial charge in [0.05, 0.1) is 37.8 Å². The summed E-state index contributed by atoms with van der Waals surface area (Å²) in [5.74, 6) is -0.00625. The zero-order valence-corrected chi connectivity index (χ0v) is 13.5. The number of carbonyl (C=O) groups excluding carboxylic acids is 1. The summed E-state index contributed by atoms with van der Waals surface area (Å²) in [5.41, 5.74) is 2.48. The first-order valence-corrected chi connectivity index (χ1v) is 8.18. The molecule has 0 aromatic heterocycles. The summed E-state index contributed by atoms with van der Waals surface area (Å²) in [5, 5.41) is 11.8. The van der Waals surface area contributed by atoms with Crippen molar-refractivity contribution in [2.24, 2.45) is 0 Å². The molecule has 1 aliphatic heterocycles. The number of quaternary nitrogens is 1. The molecule has 0 atom stereocenters. The van der Waals surface area contributed by atoms with Gasteiger partial charge >= 0.3 is 0 Å². The van der Waals surface area contributed by atoms with Gasteiger partial charge in [-0.2, -0.15) is 5.26 Å². The summed E-state index contributed by atoms with van der Waals surface area (Å²) in [4.78, 5) is 15.9. The van der Waals surface area contributed by atoms with Gasteiger partial charge in [-0.3, -0.25) is 4.79 Å². The van der Waals surface area contributed by atoms with Crippen molar-refractivity contribution in [3.63, 3.8) is 0 Å². The van der Waals surface area contributed by atoms with Crippen LogP contribution in [0.2, 0.25) is 0 Å². The smallest absolute Gasteiger partial charge is 0.279 e. The minimum absolute atomic E-state index is 0.00625. The predicted octanol–water partition coefficient (Wildman–Crippen LogP) is 0.902. The quantitative estimate of drug-likeness (QED) is 0.880. The Bertz CT molecular complexity index is 731. The van der Waals surface area contributed by atoms with Gasteiger partial charge in [-0.1, -0.05) is 24.3 Å². The number of nitrogens with zero attached hydrogens (tertiary/aromatic N) is 2. The maximum Gasteiger partial charge on any atom is 0.279 e. The first kappa shape index (κ1) is 16.0. The van der Waals surface area contributed by atoms with Crippen molar-refractivity contribution in [1.29, 1.82) is 5.26 Å². The zero-order valence-electron chi connectivity index (χ0n) is 13.5. The van der Waals surface area contributed by atoms with Crippen LogP contribution in [0, 0.1) is 11.3 Å². The average Bonchev–Trinajstić information content (AvgIpc) is 2.63. The molecule has 122 valence electrons. The number of amides is 1. The van der Waals surface area contributed by atoms with Crippen molar-refractivity contribution < 1.29 is 9.69 Å². The predicted molar refractivity (Wildman–Crippen MR) is 94.0 cm³/mol. The fourth-order valence-corrected chi connectivity index (χ4v) is 3.00. The van der Waals surface area contributed by atoms with E-state index in [9.17, 15) is 4.79 Å². The molecule has 0 spiro atoms. The van der Waals surface area contributed by atoms with Crippen molar-refractivity contribution in [3.05, 3.63) is 60.2 Å². The number of nitriles is 1. The lowest BCUT2D eigenvalue weighted by Crippen LogP contribution is -3.15. The molecule has 0 unspecified atom stereocenters. The van der Waals surface area contributed by atoms with E-state index < -0.39 is 0 Å². The van der Waals surface area contributed by atoms with Crippen LogP contribution in [-0.4, -0.2) is 38.6 Å². The SMILES string of the molecule is N#Cc1cccc(NC(=O)C[NH+]2CCN(c3ccccc3)CC2)c1. The van der Waals surface area contributed by atoms with E-state index in [1.54, 1.807) is 24.3 Å². The molecule has 1 heterocycles. The number of para-hydroxylation sites is 1. The number of anilines is 2. The van der Waals surface area contributed by atoms with Crippen LogP contribution in [0.25, 0.3) is 0 Å². The van der Waals surface area contributed by atoms with Gasteiger partial charge in [0, 0.05) is 11.4 Å². The second-order valence-electron chi connectivity index (χ2n) is 5.99. The van der Waals surface area contributed by atoms with Crippen LogP contribution in [0.15, 0.2) is 54.6 Å². The standard InChI is InChI=1S/C19H20N4O/c20-14-16-5-4-6-17(13-16)21-19(24)15-22-9-11-23(12-10-22)18-7-2-1-3-8-18/h1-8,13H,9-12,15H2,(H,21,24)/p+1. The first-order valence-electron chi connectivity index (χ1n) is 8.18. The Morgan fingerprint density at radius 1 is 1.12 bits per heavy atom. The van der Waals surface area contributed by atoms with E-state index in [1.807, 2.05) is 6.07 Å². The molecule has 2 N–H and O–H groups in total. The second kappa shape index (κ2) is 7.62. The lowest BCUT2D eigenvalue weighted by atomic mass is 10.2. The van der Waals surface area contributed by atoms with Crippen molar-refractivity contribution in [1.82, 2.24) is 0 Å². The molecule has 1 amide bonds. The van der Waals surface area contributed by atoms with Crippen molar-refractivity contribution >= 4 is 17.3 Å². The fraction of sp³-hybridized carbons (Fsp3) is 0.263. The van der Waals surface area contributed by atoms with Gasteiger partial charge in [0.15, 0.2) is 6.54 Å². The zero-order chi connectivity index (χ0) is 16.8. The molecule has 1 aliphatic rings. The molecular weight excluding hydrogens is 300 g/mol. The van der Waals surface area contributed by atoms with Crippen LogP contribution in [-0.2, 0) is 4.79 Å². The highest BCUT2D eigenvalue weighted by molar-refractivity contribution is 5.91. The Labute approximate surface area is 142 Å². The summed E-state index contributed by atoms with van der Waals surface area (Å²) < 4.78 is 0. The largest absolute Gasteiger partial charge is 0.360 e. The fourth-order valence-electron chi connectivity index (χ4n) is 3.00. The average molecular weight is 321 g/mol. The maximum absolute atomic E-state index is 12.2. The highest BCUT2D eigenvalue weighted by Crippen LogP contribution is 2.12. The molecule has 1 saturated heterocycles. The van der Waals surface area contributed by atoms with E-state index in [0.29, 0.717) is 17.8 Å². The van der Waals surface area contributed by atoms with E-state index in [4.69, 9.17) is 5.26 Å². The number of carbonyl (C=O) groups is 1. The molecule has 5 heteroatoms. The van der Waals surface area contributed by atoms with Crippen molar-refractivity contribution in [2.45, 2.75) is 0 Å². The number of rotatable bonds is 4. The monoisotopic (exact) mass is 321 g/mol. The maximum atomic E-state index is 12.2. The Kier molecular flexibility index (Phi) is 5.09. The van der Waals surface area contributed by atoms with E-state index in [0.717, 1.165) is 26.2 Å². The lowest BCUT2D eigenvalue weighted by Gasteiger charge is -2.33. The highest BCUT2D eigenvalue weighted by atomic mass is 16.2. The summed E-state index contributed by atoms with van der Waals surface area (Å²) in [6.07, 6.45) is 0. The minimum atomic E-state index is -0.00625. The third-order valence-corrected chi connectivity index (χ3v) is 4.28. The highest BCUT2D eigenvalue weighted by Gasteiger charge is 2.22. The molecule has 3 rings (SSSR count). The number of hydrogen-bond acceptors (Lipinski definition) is 3. The van der Waals surface area contributed by atoms with Crippen LogP contribution in [0.4, 0.5) is 11.4 Å². The van der Waals surface area contributed by atoms with Gasteiger partial charge < -0.3 is 15.1 Å². The Balaban J connectivity index is 1.49. The van der Waals surface area contributed by atoms with Gasteiger partial charge in [0.2, 0.25) is 0 Å². The van der Waals surface area contributed by atoms with E-state index in [2.05, 4.69) is 40.6 Å². The molecule has 24 heavy (non-hydrogen) atoms. The number of piperazine rings is 1. The molecule has 1 fully saturated rings. The molecule has 0 aliphatic carbocycles. The summed E-state index contributed by atoms with van der Waals surface area (Å²) >= 11 is 0. The molecule has 2 aromatic rings. The van der Waals surface area contributed by atoms with Gasteiger partial charge in [-0.05, 0) is 30.3 Å². The van der Waals surface area contributed by atoms with Gasteiger partial charge in [0.1, 0.15) is 0 Å². The van der Waals surface area contributed by atoms with Crippen molar-refractivity contribution in [3.8, 4) is 6.07 Å². The number of hydrogen-bond donors (Lipinski definition) is 2. The molecule has 0 radical (unpaired) electrons. The number of nitrogens with one attached hydrogen (secondary N) is 2. The minimum Gasteiger partial charge on any atom is -0.360 e. The summed E-state index contributed by atoms with van der Waals surface area (Å²) in [6.45, 7) is 4.26. The molecular formula is C19H21N4O+. The Morgan fingerprint density at radius 2 is 1.88 bits per heavy atom. The van der Waals surface area contributed by atoms with Gasteiger partial charge in [0.25, 0.3) is 5.91 Å². The van der Waals surface area contributed by atoms with Gasteiger partial charge in [-0.25, -0.2) is 0 Å². The van der Waals surface area contributed by atoms with E-state index in [1.165, 1.54) is 10.6 Å². The Morgan fingerprint density at radius 3 is 2.58 bits per heavy atom. The Hall–Kier alpha value is -2.84. The van der Waals surface area contributed by atoms with Crippen LogP contribution in [0.5, 0.6) is 0 Å². The first-order chi connectivity index (χ1) is 11.7. The summed E-state index contributed by atoms with van der Waals surface area (Å²) in [6, 6.07) is 19.5.